The second-order valence-corrected chi connectivity index (χ2v) is 8.48. The summed E-state index contributed by atoms with van der Waals surface area (Å²) in [5.41, 5.74) is 0.732. The van der Waals surface area contributed by atoms with Crippen molar-refractivity contribution in [1.82, 2.24) is 14.4 Å². The Labute approximate surface area is 174 Å². The maximum absolute atomic E-state index is 12.8. The van der Waals surface area contributed by atoms with E-state index < -0.39 is 10.0 Å². The van der Waals surface area contributed by atoms with Crippen molar-refractivity contribution in [2.45, 2.75) is 18.4 Å². The molecule has 1 heterocycles. The number of methoxy groups -OCH3 is 1. The van der Waals surface area contributed by atoms with Crippen LogP contribution in [0.15, 0.2) is 51.9 Å². The number of ether oxygens (including phenoxy) is 2. The Morgan fingerprint density at radius 3 is 2.52 bits per heavy atom. The average Bonchev–Trinajstić information content (AvgIpc) is 3.17. The number of rotatable bonds is 8. The molecule has 29 heavy (non-hydrogen) atoms. The van der Waals surface area contributed by atoms with Crippen LogP contribution < -0.4 is 9.47 Å². The fourth-order valence-electron chi connectivity index (χ4n) is 2.57. The van der Waals surface area contributed by atoms with E-state index in [-0.39, 0.29) is 22.4 Å². The van der Waals surface area contributed by atoms with Gasteiger partial charge in [0, 0.05) is 12.6 Å². The first-order valence-corrected chi connectivity index (χ1v) is 10.5. The first kappa shape index (κ1) is 21.1. The number of aromatic nitrogens is 2. The lowest BCUT2D eigenvalue weighted by molar-refractivity contribution is 0.336. The average molecular weight is 438 g/mol. The van der Waals surface area contributed by atoms with E-state index in [1.165, 1.54) is 32.4 Å². The molecule has 0 aliphatic heterocycles. The third kappa shape index (κ3) is 4.69. The topological polar surface area (TPSA) is 94.8 Å². The Kier molecular flexibility index (Phi) is 6.41. The zero-order chi connectivity index (χ0) is 21.0. The molecule has 0 saturated heterocycles. The number of hydrogen-bond acceptors (Lipinski definition) is 7. The van der Waals surface area contributed by atoms with Gasteiger partial charge >= 0.3 is 0 Å². The summed E-state index contributed by atoms with van der Waals surface area (Å²) in [4.78, 5) is 4.32. The highest BCUT2D eigenvalue weighted by Crippen LogP contribution is 2.28. The maximum atomic E-state index is 12.8. The summed E-state index contributed by atoms with van der Waals surface area (Å²) < 4.78 is 42.4. The molecule has 1 aromatic heterocycles. The van der Waals surface area contributed by atoms with Crippen LogP contribution >= 0.6 is 11.6 Å². The fourth-order valence-corrected chi connectivity index (χ4v) is 4.04. The molecule has 0 radical (unpaired) electrons. The van der Waals surface area contributed by atoms with Gasteiger partial charge in [0.2, 0.25) is 21.7 Å². The lowest BCUT2D eigenvalue weighted by Gasteiger charge is -2.15. The van der Waals surface area contributed by atoms with Crippen molar-refractivity contribution in [3.8, 4) is 22.9 Å². The number of sulfonamides is 1. The van der Waals surface area contributed by atoms with Crippen molar-refractivity contribution in [3.05, 3.63) is 53.4 Å². The second-order valence-electron chi connectivity index (χ2n) is 6.03. The Balaban J connectivity index is 1.75. The largest absolute Gasteiger partial charge is 0.495 e. The van der Waals surface area contributed by atoms with Gasteiger partial charge in [-0.15, -0.1) is 0 Å². The van der Waals surface area contributed by atoms with Gasteiger partial charge in [0.1, 0.15) is 11.5 Å². The van der Waals surface area contributed by atoms with E-state index in [1.54, 1.807) is 24.3 Å². The van der Waals surface area contributed by atoms with Crippen LogP contribution in [0, 0.1) is 0 Å². The normalized spacial score (nSPS) is 11.6. The van der Waals surface area contributed by atoms with Crippen molar-refractivity contribution in [2.75, 3.05) is 20.8 Å². The Bertz CT molecular complexity index is 1080. The summed E-state index contributed by atoms with van der Waals surface area (Å²) in [7, 11) is -0.921. The van der Waals surface area contributed by atoms with E-state index in [0.717, 1.165) is 15.6 Å². The highest BCUT2D eigenvalue weighted by Gasteiger charge is 2.24. The highest BCUT2D eigenvalue weighted by molar-refractivity contribution is 7.89. The van der Waals surface area contributed by atoms with Crippen molar-refractivity contribution in [2.24, 2.45) is 0 Å². The van der Waals surface area contributed by atoms with E-state index >= 15 is 0 Å². The summed E-state index contributed by atoms with van der Waals surface area (Å²) in [6, 6.07) is 11.5. The van der Waals surface area contributed by atoms with Crippen LogP contribution in [0.2, 0.25) is 5.02 Å². The van der Waals surface area contributed by atoms with E-state index in [4.69, 9.17) is 25.6 Å². The smallest absolute Gasteiger partial charge is 0.243 e. The molecule has 8 nitrogen and oxygen atoms in total. The molecule has 154 valence electrons. The molecule has 0 unspecified atom stereocenters. The highest BCUT2D eigenvalue weighted by atomic mass is 35.5. The van der Waals surface area contributed by atoms with Gasteiger partial charge in [0.25, 0.3) is 0 Å². The van der Waals surface area contributed by atoms with E-state index in [1.807, 2.05) is 6.92 Å². The number of nitrogens with zero attached hydrogens (tertiary/aromatic N) is 3. The minimum absolute atomic E-state index is 0.0389. The van der Waals surface area contributed by atoms with E-state index in [9.17, 15) is 8.42 Å². The Hall–Kier alpha value is -2.62. The van der Waals surface area contributed by atoms with Crippen molar-refractivity contribution >= 4 is 21.6 Å². The molecule has 0 bridgehead atoms. The zero-order valence-electron chi connectivity index (χ0n) is 16.1. The van der Waals surface area contributed by atoms with Gasteiger partial charge in [-0.2, -0.15) is 9.29 Å². The molecule has 0 saturated carbocycles. The summed E-state index contributed by atoms with van der Waals surface area (Å²) in [5.74, 6) is 1.66. The number of hydrogen-bond donors (Lipinski definition) is 0. The molecule has 0 atom stereocenters. The lowest BCUT2D eigenvalue weighted by atomic mass is 10.2. The number of benzene rings is 2. The van der Waals surface area contributed by atoms with Crippen molar-refractivity contribution < 1.29 is 22.4 Å². The quantitative estimate of drug-likeness (QED) is 0.531. The van der Waals surface area contributed by atoms with E-state index in [0.29, 0.717) is 18.2 Å². The molecule has 0 N–H and O–H groups in total. The number of halogens is 1. The van der Waals surface area contributed by atoms with Crippen molar-refractivity contribution in [3.63, 3.8) is 0 Å². The van der Waals surface area contributed by atoms with Gasteiger partial charge < -0.3 is 14.0 Å². The molecular formula is C19H20ClN3O5S. The third-order valence-corrected chi connectivity index (χ3v) is 6.18. The predicted molar refractivity (Wildman–Crippen MR) is 108 cm³/mol. The van der Waals surface area contributed by atoms with Crippen LogP contribution in [0.4, 0.5) is 0 Å². The second kappa shape index (κ2) is 8.81. The molecule has 0 aliphatic rings. The van der Waals surface area contributed by atoms with Crippen LogP contribution in [0.3, 0.4) is 0 Å². The molecule has 10 heteroatoms. The van der Waals surface area contributed by atoms with Crippen LogP contribution in [0.5, 0.6) is 11.5 Å². The summed E-state index contributed by atoms with van der Waals surface area (Å²) in [5, 5.41) is 4.13. The fraction of sp³-hybridized carbons (Fsp3) is 0.263. The van der Waals surface area contributed by atoms with Gasteiger partial charge in [-0.05, 0) is 49.4 Å². The van der Waals surface area contributed by atoms with Crippen molar-refractivity contribution in [1.29, 1.82) is 0 Å². The molecular weight excluding hydrogens is 418 g/mol. The standard InChI is InChI=1S/C19H20ClN3O5S/c1-4-27-14-7-5-13(6-8-14)19-21-18(28-22-19)12-23(2)29(24,25)15-9-10-17(26-3)16(20)11-15/h5-11H,4,12H2,1-3H3. The summed E-state index contributed by atoms with van der Waals surface area (Å²) in [6.45, 7) is 2.39. The molecule has 0 aliphatic carbocycles. The molecule has 0 spiro atoms. The Morgan fingerprint density at radius 2 is 1.90 bits per heavy atom. The first-order valence-electron chi connectivity index (χ1n) is 8.71. The summed E-state index contributed by atoms with van der Waals surface area (Å²) >= 11 is 6.04. The van der Waals surface area contributed by atoms with Gasteiger partial charge in [0.15, 0.2) is 0 Å². The molecule has 0 amide bonds. The van der Waals surface area contributed by atoms with E-state index in [2.05, 4.69) is 10.1 Å². The first-order chi connectivity index (χ1) is 13.8. The van der Waals surface area contributed by atoms with Crippen LogP contribution in [0.25, 0.3) is 11.4 Å². The maximum Gasteiger partial charge on any atom is 0.243 e. The molecule has 3 aromatic rings. The molecule has 3 rings (SSSR count). The third-order valence-electron chi connectivity index (χ3n) is 4.08. The van der Waals surface area contributed by atoms with Gasteiger partial charge in [-0.1, -0.05) is 16.8 Å². The summed E-state index contributed by atoms with van der Waals surface area (Å²) in [6.07, 6.45) is 0. The van der Waals surface area contributed by atoms with Crippen LogP contribution in [-0.2, 0) is 16.6 Å². The van der Waals surface area contributed by atoms with Gasteiger partial charge in [-0.3, -0.25) is 0 Å². The van der Waals surface area contributed by atoms with Gasteiger partial charge in [-0.25, -0.2) is 8.42 Å². The molecule has 0 fully saturated rings. The lowest BCUT2D eigenvalue weighted by Crippen LogP contribution is -2.26. The SMILES string of the molecule is CCOc1ccc(-c2noc(CN(C)S(=O)(=O)c3ccc(OC)c(Cl)c3)n2)cc1. The minimum atomic E-state index is -3.80. The monoisotopic (exact) mass is 437 g/mol. The predicted octanol–water partition coefficient (Wildman–Crippen LogP) is 3.62. The Morgan fingerprint density at radius 1 is 1.17 bits per heavy atom. The van der Waals surface area contributed by atoms with Gasteiger partial charge in [0.05, 0.1) is 30.2 Å². The van der Waals surface area contributed by atoms with Crippen LogP contribution in [-0.4, -0.2) is 43.6 Å². The molecule has 2 aromatic carbocycles. The zero-order valence-corrected chi connectivity index (χ0v) is 17.7. The minimum Gasteiger partial charge on any atom is -0.495 e. The van der Waals surface area contributed by atoms with Crippen LogP contribution in [0.1, 0.15) is 12.8 Å².